The van der Waals surface area contributed by atoms with Crippen molar-refractivity contribution in [1.82, 2.24) is 4.90 Å². The lowest BCUT2D eigenvalue weighted by atomic mass is 9.89. The Morgan fingerprint density at radius 2 is 1.41 bits per heavy atom. The molecule has 1 amide bonds. The molecule has 5 heteroatoms. The maximum absolute atomic E-state index is 12.8. The van der Waals surface area contributed by atoms with E-state index in [1.165, 1.54) is 34.4 Å². The first-order chi connectivity index (χ1) is 15.6. The van der Waals surface area contributed by atoms with Crippen molar-refractivity contribution in [3.63, 3.8) is 0 Å². The third-order valence-corrected chi connectivity index (χ3v) is 6.61. The number of hydrogen-bond acceptors (Lipinski definition) is 4. The van der Waals surface area contributed by atoms with Gasteiger partial charge in [0.1, 0.15) is 12.4 Å². The summed E-state index contributed by atoms with van der Waals surface area (Å²) in [6.07, 6.45) is 0.913. The number of rotatable bonds is 4. The highest BCUT2D eigenvalue weighted by Gasteiger charge is 2.32. The lowest BCUT2D eigenvalue weighted by Gasteiger charge is -2.31. The van der Waals surface area contributed by atoms with Gasteiger partial charge in [-0.2, -0.15) is 0 Å². The zero-order valence-corrected chi connectivity index (χ0v) is 17.7. The SMILES string of the molecule is O=C(c1ccc(O)cc1)C1CCN(C(=O)OCC2c3ccccc3-c3ccccc32)CC1. The lowest BCUT2D eigenvalue weighted by Crippen LogP contribution is -2.41. The van der Waals surface area contributed by atoms with Crippen molar-refractivity contribution < 1.29 is 19.4 Å². The molecule has 3 aromatic carbocycles. The third kappa shape index (κ3) is 3.75. The number of carbonyl (C=O) groups excluding carboxylic acids is 2. The molecule has 1 fully saturated rings. The number of Topliss-reactive ketones (excluding diaryl/α,β-unsaturated/α-hetero) is 1. The smallest absolute Gasteiger partial charge is 0.409 e. The fraction of sp³-hybridized carbons (Fsp3) is 0.259. The van der Waals surface area contributed by atoms with Crippen LogP contribution in [0.5, 0.6) is 5.75 Å². The number of piperidine rings is 1. The van der Waals surface area contributed by atoms with Gasteiger partial charge in [0.15, 0.2) is 5.78 Å². The van der Waals surface area contributed by atoms with Crippen molar-refractivity contribution in [3.8, 4) is 16.9 Å². The summed E-state index contributed by atoms with van der Waals surface area (Å²) in [5.41, 5.74) is 5.40. The molecule has 5 nitrogen and oxygen atoms in total. The maximum Gasteiger partial charge on any atom is 0.409 e. The van der Waals surface area contributed by atoms with E-state index in [0.29, 0.717) is 38.1 Å². The predicted molar refractivity (Wildman–Crippen MR) is 122 cm³/mol. The quantitative estimate of drug-likeness (QED) is 0.579. The van der Waals surface area contributed by atoms with Crippen molar-refractivity contribution in [1.29, 1.82) is 0 Å². The second kappa shape index (κ2) is 8.50. The number of likely N-dealkylation sites (tertiary alicyclic amines) is 1. The number of carbonyl (C=O) groups is 2. The third-order valence-electron chi connectivity index (χ3n) is 6.61. The van der Waals surface area contributed by atoms with Gasteiger partial charge in [-0.05, 0) is 59.4 Å². The molecule has 1 heterocycles. The summed E-state index contributed by atoms with van der Waals surface area (Å²) in [5, 5.41) is 9.41. The minimum Gasteiger partial charge on any atom is -0.508 e. The molecule has 0 unspecified atom stereocenters. The second-order valence-corrected chi connectivity index (χ2v) is 8.48. The Morgan fingerprint density at radius 1 is 0.844 bits per heavy atom. The number of nitrogens with zero attached hydrogens (tertiary/aromatic N) is 1. The molecule has 5 rings (SSSR count). The Hall–Kier alpha value is -3.60. The molecular formula is C27H25NO4. The van der Waals surface area contributed by atoms with Gasteiger partial charge in [-0.15, -0.1) is 0 Å². The Kier molecular flexibility index (Phi) is 5.39. The van der Waals surface area contributed by atoms with Crippen molar-refractivity contribution in [2.45, 2.75) is 18.8 Å². The summed E-state index contributed by atoms with van der Waals surface area (Å²) >= 11 is 0. The maximum atomic E-state index is 12.8. The molecule has 0 aromatic heterocycles. The van der Waals surface area contributed by atoms with Crippen LogP contribution in [-0.4, -0.2) is 41.6 Å². The van der Waals surface area contributed by atoms with Crippen LogP contribution in [0.2, 0.25) is 0 Å². The number of ketones is 1. The molecule has 1 N–H and O–H groups in total. The fourth-order valence-electron chi connectivity index (χ4n) is 4.87. The van der Waals surface area contributed by atoms with Crippen LogP contribution in [0.25, 0.3) is 11.1 Å². The molecule has 0 bridgehead atoms. The van der Waals surface area contributed by atoms with Crippen LogP contribution in [0.1, 0.15) is 40.2 Å². The average Bonchev–Trinajstić information content (AvgIpc) is 3.16. The van der Waals surface area contributed by atoms with Gasteiger partial charge in [-0.3, -0.25) is 4.79 Å². The van der Waals surface area contributed by atoms with Crippen LogP contribution >= 0.6 is 0 Å². The zero-order chi connectivity index (χ0) is 22.1. The van der Waals surface area contributed by atoms with Gasteiger partial charge in [-0.1, -0.05) is 48.5 Å². The largest absolute Gasteiger partial charge is 0.508 e. The topological polar surface area (TPSA) is 66.8 Å². The number of benzene rings is 3. The number of hydrogen-bond donors (Lipinski definition) is 1. The van der Waals surface area contributed by atoms with Crippen molar-refractivity contribution in [2.24, 2.45) is 5.92 Å². The molecule has 1 saturated heterocycles. The first-order valence-electron chi connectivity index (χ1n) is 11.0. The minimum absolute atomic E-state index is 0.0416. The van der Waals surface area contributed by atoms with E-state index in [2.05, 4.69) is 24.3 Å². The van der Waals surface area contributed by atoms with Gasteiger partial charge < -0.3 is 14.7 Å². The molecule has 162 valence electrons. The Morgan fingerprint density at radius 3 is 2.00 bits per heavy atom. The van der Waals surface area contributed by atoms with E-state index in [4.69, 9.17) is 4.74 Å². The van der Waals surface area contributed by atoms with Gasteiger partial charge in [0, 0.05) is 30.5 Å². The van der Waals surface area contributed by atoms with E-state index in [0.717, 1.165) is 0 Å². The Bertz CT molecular complexity index is 1100. The molecule has 2 aliphatic rings. The standard InChI is InChI=1S/C27H25NO4/c29-20-11-9-18(10-12-20)26(30)19-13-15-28(16-14-19)27(31)32-17-25-23-7-3-1-5-21(23)22-6-2-4-8-24(22)25/h1-12,19,25,29H,13-17H2. The van der Waals surface area contributed by atoms with Gasteiger partial charge in [0.25, 0.3) is 0 Å². The van der Waals surface area contributed by atoms with E-state index in [1.54, 1.807) is 17.0 Å². The fourth-order valence-corrected chi connectivity index (χ4v) is 4.87. The van der Waals surface area contributed by atoms with Crippen LogP contribution < -0.4 is 0 Å². The lowest BCUT2D eigenvalue weighted by molar-refractivity contribution is 0.0729. The summed E-state index contributed by atoms with van der Waals surface area (Å²) in [5.74, 6) is 0.140. The summed E-state index contributed by atoms with van der Waals surface area (Å²) in [7, 11) is 0. The monoisotopic (exact) mass is 427 g/mol. The van der Waals surface area contributed by atoms with E-state index in [-0.39, 0.29) is 29.5 Å². The molecule has 1 aliphatic carbocycles. The van der Waals surface area contributed by atoms with Crippen molar-refractivity contribution in [2.75, 3.05) is 19.7 Å². The summed E-state index contributed by atoms with van der Waals surface area (Å²) in [4.78, 5) is 27.2. The first kappa shape index (κ1) is 20.3. The zero-order valence-electron chi connectivity index (χ0n) is 17.7. The van der Waals surface area contributed by atoms with Crippen LogP contribution in [0.4, 0.5) is 4.79 Å². The molecule has 0 saturated carbocycles. The number of amides is 1. The molecular weight excluding hydrogens is 402 g/mol. The average molecular weight is 428 g/mol. The van der Waals surface area contributed by atoms with E-state index in [1.807, 2.05) is 24.3 Å². The van der Waals surface area contributed by atoms with Crippen molar-refractivity contribution >= 4 is 11.9 Å². The number of phenols is 1. The van der Waals surface area contributed by atoms with Crippen LogP contribution in [-0.2, 0) is 4.74 Å². The highest BCUT2D eigenvalue weighted by atomic mass is 16.6. The molecule has 0 spiro atoms. The normalized spacial score (nSPS) is 15.8. The van der Waals surface area contributed by atoms with Crippen LogP contribution in [0.15, 0.2) is 72.8 Å². The number of ether oxygens (including phenoxy) is 1. The van der Waals surface area contributed by atoms with E-state index >= 15 is 0 Å². The van der Waals surface area contributed by atoms with Crippen LogP contribution in [0.3, 0.4) is 0 Å². The first-order valence-corrected chi connectivity index (χ1v) is 11.0. The number of fused-ring (bicyclic) bond motifs is 3. The Labute approximate surface area is 187 Å². The second-order valence-electron chi connectivity index (χ2n) is 8.48. The number of aromatic hydroxyl groups is 1. The Balaban J connectivity index is 1.19. The number of phenolic OH excluding ortho intramolecular Hbond substituents is 1. The summed E-state index contributed by atoms with van der Waals surface area (Å²) in [6.45, 7) is 1.32. The van der Waals surface area contributed by atoms with Gasteiger partial charge in [0.2, 0.25) is 0 Å². The molecule has 32 heavy (non-hydrogen) atoms. The molecule has 0 atom stereocenters. The minimum atomic E-state index is -0.317. The molecule has 1 aliphatic heterocycles. The van der Waals surface area contributed by atoms with Crippen LogP contribution in [0, 0.1) is 5.92 Å². The molecule has 3 aromatic rings. The van der Waals surface area contributed by atoms with Gasteiger partial charge in [0.05, 0.1) is 0 Å². The highest BCUT2D eigenvalue weighted by molar-refractivity contribution is 5.98. The molecule has 0 radical (unpaired) electrons. The summed E-state index contributed by atoms with van der Waals surface area (Å²) < 4.78 is 5.75. The summed E-state index contributed by atoms with van der Waals surface area (Å²) in [6, 6.07) is 22.9. The van der Waals surface area contributed by atoms with Gasteiger partial charge >= 0.3 is 6.09 Å². The predicted octanol–water partition coefficient (Wildman–Crippen LogP) is 5.24. The van der Waals surface area contributed by atoms with E-state index in [9.17, 15) is 14.7 Å². The highest BCUT2D eigenvalue weighted by Crippen LogP contribution is 2.44. The van der Waals surface area contributed by atoms with Gasteiger partial charge in [-0.25, -0.2) is 4.79 Å². The van der Waals surface area contributed by atoms with Crippen molar-refractivity contribution in [3.05, 3.63) is 89.5 Å². The van der Waals surface area contributed by atoms with E-state index < -0.39 is 0 Å².